The summed E-state index contributed by atoms with van der Waals surface area (Å²) < 4.78 is 10.6. The number of benzene rings is 2. The highest BCUT2D eigenvalue weighted by Gasteiger charge is 2.20. The molecular formula is C24H26N2O4S. The van der Waals surface area contributed by atoms with Crippen molar-refractivity contribution in [2.45, 2.75) is 25.8 Å². The molecule has 1 atom stereocenters. The zero-order valence-electron chi connectivity index (χ0n) is 17.6. The maximum Gasteiger partial charge on any atom is 0.255 e. The van der Waals surface area contributed by atoms with Crippen LogP contribution in [-0.4, -0.2) is 25.5 Å². The Hall–Kier alpha value is -3.32. The zero-order chi connectivity index (χ0) is 22.2. The molecule has 1 unspecified atom stereocenters. The summed E-state index contributed by atoms with van der Waals surface area (Å²) in [5.41, 5.74) is 7.84. The Bertz CT molecular complexity index is 1020. The van der Waals surface area contributed by atoms with Crippen LogP contribution in [0.2, 0.25) is 0 Å². The van der Waals surface area contributed by atoms with E-state index in [0.717, 1.165) is 23.3 Å². The standard InChI is InChI=1S/C24H26N2O4S/c1-3-5-16-7-9-17(10-8-16)23(21-6-4-13-31-21)26-24(28)18-11-12-19(20(14-18)29-2)30-15-22(25)27/h4,6-14,23H,3,5,15H2,1-2H3,(H2,25,27)(H,26,28). The lowest BCUT2D eigenvalue weighted by Crippen LogP contribution is -2.29. The summed E-state index contributed by atoms with van der Waals surface area (Å²) in [7, 11) is 1.47. The molecule has 162 valence electrons. The molecule has 2 amide bonds. The molecule has 31 heavy (non-hydrogen) atoms. The van der Waals surface area contributed by atoms with Gasteiger partial charge in [0.2, 0.25) is 0 Å². The Morgan fingerprint density at radius 1 is 1.10 bits per heavy atom. The van der Waals surface area contributed by atoms with Crippen molar-refractivity contribution in [3.8, 4) is 11.5 Å². The van der Waals surface area contributed by atoms with E-state index in [9.17, 15) is 9.59 Å². The SMILES string of the molecule is CCCc1ccc(C(NC(=O)c2ccc(OCC(N)=O)c(OC)c2)c2cccs2)cc1. The Labute approximate surface area is 186 Å². The molecule has 1 aromatic heterocycles. The molecule has 0 spiro atoms. The van der Waals surface area contributed by atoms with Gasteiger partial charge in [-0.3, -0.25) is 9.59 Å². The van der Waals surface area contributed by atoms with E-state index >= 15 is 0 Å². The fraction of sp³-hybridized carbons (Fsp3) is 0.250. The molecule has 0 fully saturated rings. The maximum absolute atomic E-state index is 13.1. The lowest BCUT2D eigenvalue weighted by molar-refractivity contribution is -0.119. The van der Waals surface area contributed by atoms with Crippen molar-refractivity contribution >= 4 is 23.2 Å². The summed E-state index contributed by atoms with van der Waals surface area (Å²) in [6.45, 7) is 1.89. The van der Waals surface area contributed by atoms with Crippen LogP contribution in [0.15, 0.2) is 60.0 Å². The van der Waals surface area contributed by atoms with E-state index in [-0.39, 0.29) is 18.6 Å². The number of nitrogens with one attached hydrogen (secondary N) is 1. The van der Waals surface area contributed by atoms with E-state index in [1.165, 1.54) is 12.7 Å². The van der Waals surface area contributed by atoms with E-state index in [1.54, 1.807) is 29.5 Å². The van der Waals surface area contributed by atoms with Crippen molar-refractivity contribution in [1.29, 1.82) is 0 Å². The van der Waals surface area contributed by atoms with Crippen LogP contribution in [0.3, 0.4) is 0 Å². The summed E-state index contributed by atoms with van der Waals surface area (Å²) >= 11 is 1.59. The van der Waals surface area contributed by atoms with Crippen molar-refractivity contribution in [3.05, 3.63) is 81.5 Å². The summed E-state index contributed by atoms with van der Waals surface area (Å²) in [6, 6.07) is 16.9. The number of aryl methyl sites for hydroxylation is 1. The number of hydrogen-bond acceptors (Lipinski definition) is 5. The lowest BCUT2D eigenvalue weighted by atomic mass is 10.0. The van der Waals surface area contributed by atoms with Crippen molar-refractivity contribution < 1.29 is 19.1 Å². The summed E-state index contributed by atoms with van der Waals surface area (Å²) in [5, 5.41) is 5.12. The van der Waals surface area contributed by atoms with Crippen molar-refractivity contribution in [3.63, 3.8) is 0 Å². The fourth-order valence-corrected chi connectivity index (χ4v) is 4.03. The van der Waals surface area contributed by atoms with Gasteiger partial charge in [0, 0.05) is 10.4 Å². The van der Waals surface area contributed by atoms with Crippen LogP contribution < -0.4 is 20.5 Å². The Morgan fingerprint density at radius 2 is 1.87 bits per heavy atom. The Morgan fingerprint density at radius 3 is 2.48 bits per heavy atom. The topological polar surface area (TPSA) is 90.6 Å². The number of hydrogen-bond donors (Lipinski definition) is 2. The highest BCUT2D eigenvalue weighted by atomic mass is 32.1. The largest absolute Gasteiger partial charge is 0.493 e. The molecule has 3 aromatic rings. The second-order valence-corrected chi connectivity index (χ2v) is 8.01. The minimum Gasteiger partial charge on any atom is -0.493 e. The molecule has 2 aromatic carbocycles. The molecule has 6 nitrogen and oxygen atoms in total. The molecule has 0 radical (unpaired) electrons. The quantitative estimate of drug-likeness (QED) is 0.499. The first kappa shape index (κ1) is 22.4. The maximum atomic E-state index is 13.1. The Kier molecular flexibility index (Phi) is 7.67. The van der Waals surface area contributed by atoms with Gasteiger partial charge in [-0.15, -0.1) is 11.3 Å². The normalized spacial score (nSPS) is 11.5. The molecule has 1 heterocycles. The third-order valence-electron chi connectivity index (χ3n) is 4.75. The smallest absolute Gasteiger partial charge is 0.255 e. The van der Waals surface area contributed by atoms with Crippen molar-refractivity contribution in [1.82, 2.24) is 5.32 Å². The average Bonchev–Trinajstić information content (AvgIpc) is 3.31. The van der Waals surface area contributed by atoms with Gasteiger partial charge >= 0.3 is 0 Å². The molecule has 0 aliphatic carbocycles. The van der Waals surface area contributed by atoms with Gasteiger partial charge in [0.25, 0.3) is 11.8 Å². The molecular weight excluding hydrogens is 412 g/mol. The van der Waals surface area contributed by atoms with Gasteiger partial charge < -0.3 is 20.5 Å². The first-order chi connectivity index (χ1) is 15.0. The van der Waals surface area contributed by atoms with Crippen LogP contribution in [0.25, 0.3) is 0 Å². The summed E-state index contributed by atoms with van der Waals surface area (Å²) in [5.74, 6) is -0.131. The second-order valence-electron chi connectivity index (χ2n) is 7.03. The number of nitrogens with two attached hydrogens (primary N) is 1. The van der Waals surface area contributed by atoms with Crippen LogP contribution in [0.1, 0.15) is 45.7 Å². The van der Waals surface area contributed by atoms with Gasteiger partial charge in [-0.05, 0) is 47.2 Å². The fourth-order valence-electron chi connectivity index (χ4n) is 3.23. The minimum atomic E-state index is -0.590. The number of carbonyl (C=O) groups is 2. The first-order valence-corrected chi connectivity index (χ1v) is 10.9. The molecule has 0 saturated heterocycles. The van der Waals surface area contributed by atoms with E-state index in [4.69, 9.17) is 15.2 Å². The zero-order valence-corrected chi connectivity index (χ0v) is 18.4. The second kappa shape index (κ2) is 10.6. The van der Waals surface area contributed by atoms with Crippen LogP contribution in [0.5, 0.6) is 11.5 Å². The molecule has 0 aliphatic rings. The number of carbonyl (C=O) groups excluding carboxylic acids is 2. The van der Waals surface area contributed by atoms with Crippen LogP contribution >= 0.6 is 11.3 Å². The molecule has 7 heteroatoms. The monoisotopic (exact) mass is 438 g/mol. The number of amides is 2. The molecule has 3 N–H and O–H groups in total. The lowest BCUT2D eigenvalue weighted by Gasteiger charge is -2.19. The van der Waals surface area contributed by atoms with Gasteiger partial charge in [-0.2, -0.15) is 0 Å². The summed E-state index contributed by atoms with van der Waals surface area (Å²) in [6.07, 6.45) is 2.12. The van der Waals surface area contributed by atoms with E-state index in [0.29, 0.717) is 17.1 Å². The van der Waals surface area contributed by atoms with Crippen LogP contribution in [0.4, 0.5) is 0 Å². The number of methoxy groups -OCH3 is 1. The minimum absolute atomic E-state index is 0.240. The Balaban J connectivity index is 1.83. The van der Waals surface area contributed by atoms with Gasteiger partial charge in [0.15, 0.2) is 18.1 Å². The third kappa shape index (κ3) is 5.86. The average molecular weight is 439 g/mol. The highest BCUT2D eigenvalue weighted by molar-refractivity contribution is 7.10. The van der Waals surface area contributed by atoms with Crippen molar-refractivity contribution in [2.75, 3.05) is 13.7 Å². The number of rotatable bonds is 10. The van der Waals surface area contributed by atoms with E-state index in [1.807, 2.05) is 17.5 Å². The molecule has 3 rings (SSSR count). The van der Waals surface area contributed by atoms with E-state index < -0.39 is 5.91 Å². The van der Waals surface area contributed by atoms with Crippen LogP contribution in [-0.2, 0) is 11.2 Å². The van der Waals surface area contributed by atoms with Gasteiger partial charge in [-0.1, -0.05) is 43.7 Å². The summed E-state index contributed by atoms with van der Waals surface area (Å²) in [4.78, 5) is 25.1. The molecule has 0 saturated carbocycles. The van der Waals surface area contributed by atoms with E-state index in [2.05, 4.69) is 36.5 Å². The van der Waals surface area contributed by atoms with Gasteiger partial charge in [0.05, 0.1) is 13.2 Å². The third-order valence-corrected chi connectivity index (χ3v) is 5.69. The predicted octanol–water partition coefficient (Wildman–Crippen LogP) is 4.09. The van der Waals surface area contributed by atoms with Crippen molar-refractivity contribution in [2.24, 2.45) is 5.73 Å². The molecule has 0 bridgehead atoms. The van der Waals surface area contributed by atoms with Gasteiger partial charge in [-0.25, -0.2) is 0 Å². The number of thiophene rings is 1. The molecule has 0 aliphatic heterocycles. The highest BCUT2D eigenvalue weighted by Crippen LogP contribution is 2.30. The first-order valence-electron chi connectivity index (χ1n) is 10.0. The number of primary amides is 1. The number of ether oxygens (including phenoxy) is 2. The predicted molar refractivity (Wildman–Crippen MR) is 122 cm³/mol. The van der Waals surface area contributed by atoms with Crippen LogP contribution in [0, 0.1) is 0 Å². The van der Waals surface area contributed by atoms with Gasteiger partial charge in [0.1, 0.15) is 0 Å².